The van der Waals surface area contributed by atoms with Crippen LogP contribution in [0, 0.1) is 5.92 Å². The average Bonchev–Trinajstić information content (AvgIpc) is 2.88. The molecule has 102 valence electrons. The Kier molecular flexibility index (Phi) is 5.17. The standard InChI is InChI=1S/C14H26N4/c1-3-9-15-10-12-7-5-6-8-13(12)14-11-16-17-18(14)4-2/h11-13,15H,3-10H2,1-2H3. The maximum Gasteiger partial charge on any atom is 0.0728 e. The molecular formula is C14H26N4. The Hall–Kier alpha value is -0.900. The van der Waals surface area contributed by atoms with E-state index in [1.807, 2.05) is 6.20 Å². The van der Waals surface area contributed by atoms with Crippen molar-refractivity contribution in [3.05, 3.63) is 11.9 Å². The van der Waals surface area contributed by atoms with E-state index in [1.54, 1.807) is 0 Å². The summed E-state index contributed by atoms with van der Waals surface area (Å²) >= 11 is 0. The molecule has 1 aliphatic rings. The molecule has 4 heteroatoms. The van der Waals surface area contributed by atoms with Gasteiger partial charge < -0.3 is 5.32 Å². The average molecular weight is 250 g/mol. The van der Waals surface area contributed by atoms with E-state index >= 15 is 0 Å². The maximum absolute atomic E-state index is 4.19. The van der Waals surface area contributed by atoms with Gasteiger partial charge in [-0.15, -0.1) is 5.10 Å². The van der Waals surface area contributed by atoms with Crippen molar-refractivity contribution >= 4 is 0 Å². The van der Waals surface area contributed by atoms with E-state index in [0.717, 1.165) is 25.6 Å². The predicted molar refractivity (Wildman–Crippen MR) is 73.6 cm³/mol. The van der Waals surface area contributed by atoms with Crippen LogP contribution in [0.5, 0.6) is 0 Å². The normalized spacial score (nSPS) is 24.3. The zero-order valence-electron chi connectivity index (χ0n) is 11.7. The van der Waals surface area contributed by atoms with Gasteiger partial charge in [-0.05, 0) is 45.2 Å². The summed E-state index contributed by atoms with van der Waals surface area (Å²) in [7, 11) is 0. The van der Waals surface area contributed by atoms with Crippen molar-refractivity contribution in [2.24, 2.45) is 5.92 Å². The molecule has 0 amide bonds. The van der Waals surface area contributed by atoms with Crippen molar-refractivity contribution in [3.8, 4) is 0 Å². The first kappa shape index (κ1) is 13.5. The van der Waals surface area contributed by atoms with Gasteiger partial charge in [0.2, 0.25) is 0 Å². The van der Waals surface area contributed by atoms with Crippen molar-refractivity contribution < 1.29 is 0 Å². The summed E-state index contributed by atoms with van der Waals surface area (Å²) in [6.45, 7) is 7.58. The monoisotopic (exact) mass is 250 g/mol. The van der Waals surface area contributed by atoms with Crippen LogP contribution >= 0.6 is 0 Å². The Balaban J connectivity index is 2.03. The fraction of sp³-hybridized carbons (Fsp3) is 0.857. The van der Waals surface area contributed by atoms with Crippen molar-refractivity contribution in [1.29, 1.82) is 0 Å². The zero-order valence-corrected chi connectivity index (χ0v) is 11.7. The molecule has 1 aromatic rings. The minimum atomic E-state index is 0.651. The highest BCUT2D eigenvalue weighted by Crippen LogP contribution is 2.37. The highest BCUT2D eigenvalue weighted by atomic mass is 15.4. The first-order valence-electron chi connectivity index (χ1n) is 7.45. The molecule has 1 aliphatic carbocycles. The summed E-state index contributed by atoms with van der Waals surface area (Å²) in [5.74, 6) is 1.41. The van der Waals surface area contributed by atoms with Crippen molar-refractivity contribution in [1.82, 2.24) is 20.3 Å². The molecule has 2 unspecified atom stereocenters. The second-order valence-corrected chi connectivity index (χ2v) is 5.33. The molecule has 2 rings (SSSR count). The number of hydrogen-bond donors (Lipinski definition) is 1. The van der Waals surface area contributed by atoms with E-state index in [0.29, 0.717) is 5.92 Å². The van der Waals surface area contributed by atoms with Crippen LogP contribution in [0.15, 0.2) is 6.20 Å². The van der Waals surface area contributed by atoms with Gasteiger partial charge in [0, 0.05) is 12.5 Å². The molecule has 0 saturated heterocycles. The summed E-state index contributed by atoms with van der Waals surface area (Å²) in [6.07, 6.45) is 8.56. The Morgan fingerprint density at radius 2 is 2.17 bits per heavy atom. The Morgan fingerprint density at radius 1 is 1.33 bits per heavy atom. The zero-order chi connectivity index (χ0) is 12.8. The van der Waals surface area contributed by atoms with Crippen LogP contribution in [0.2, 0.25) is 0 Å². The summed E-state index contributed by atoms with van der Waals surface area (Å²) in [5.41, 5.74) is 1.35. The van der Waals surface area contributed by atoms with Gasteiger partial charge >= 0.3 is 0 Å². The van der Waals surface area contributed by atoms with Gasteiger partial charge in [-0.25, -0.2) is 4.68 Å². The van der Waals surface area contributed by atoms with E-state index in [1.165, 1.54) is 37.8 Å². The van der Waals surface area contributed by atoms with Crippen LogP contribution in [0.4, 0.5) is 0 Å². The number of hydrogen-bond acceptors (Lipinski definition) is 3. The topological polar surface area (TPSA) is 42.7 Å². The van der Waals surface area contributed by atoms with Crippen LogP contribution in [0.1, 0.15) is 57.6 Å². The second kappa shape index (κ2) is 6.88. The van der Waals surface area contributed by atoms with Gasteiger partial charge in [0.1, 0.15) is 0 Å². The lowest BCUT2D eigenvalue weighted by Gasteiger charge is -2.31. The van der Waals surface area contributed by atoms with Crippen molar-refractivity contribution in [2.45, 2.75) is 58.4 Å². The molecule has 0 aromatic carbocycles. The summed E-state index contributed by atoms with van der Waals surface area (Å²) < 4.78 is 2.07. The van der Waals surface area contributed by atoms with Crippen LogP contribution in [-0.4, -0.2) is 28.1 Å². The molecule has 1 aromatic heterocycles. The third-order valence-corrected chi connectivity index (χ3v) is 4.07. The Bertz CT molecular complexity index is 347. The lowest BCUT2D eigenvalue weighted by atomic mass is 9.77. The molecule has 1 heterocycles. The fourth-order valence-electron chi connectivity index (χ4n) is 3.10. The fourth-order valence-corrected chi connectivity index (χ4v) is 3.10. The SMILES string of the molecule is CCCNCC1CCCCC1c1cnnn1CC. The molecule has 0 bridgehead atoms. The van der Waals surface area contributed by atoms with Crippen LogP contribution < -0.4 is 5.32 Å². The highest BCUT2D eigenvalue weighted by Gasteiger charge is 2.28. The van der Waals surface area contributed by atoms with Crippen LogP contribution in [0.3, 0.4) is 0 Å². The second-order valence-electron chi connectivity index (χ2n) is 5.33. The first-order chi connectivity index (χ1) is 8.86. The summed E-state index contributed by atoms with van der Waals surface area (Å²) in [6, 6.07) is 0. The van der Waals surface area contributed by atoms with Gasteiger partial charge in [-0.1, -0.05) is 25.0 Å². The van der Waals surface area contributed by atoms with Gasteiger partial charge in [0.15, 0.2) is 0 Å². The van der Waals surface area contributed by atoms with Crippen LogP contribution in [-0.2, 0) is 6.54 Å². The third-order valence-electron chi connectivity index (χ3n) is 4.07. The Morgan fingerprint density at radius 3 is 2.94 bits per heavy atom. The lowest BCUT2D eigenvalue weighted by molar-refractivity contribution is 0.284. The van der Waals surface area contributed by atoms with Gasteiger partial charge in [0.25, 0.3) is 0 Å². The minimum Gasteiger partial charge on any atom is -0.316 e. The lowest BCUT2D eigenvalue weighted by Crippen LogP contribution is -2.31. The molecule has 0 aliphatic heterocycles. The van der Waals surface area contributed by atoms with Gasteiger partial charge in [-0.2, -0.15) is 0 Å². The molecule has 0 spiro atoms. The molecule has 1 saturated carbocycles. The van der Waals surface area contributed by atoms with E-state index in [4.69, 9.17) is 0 Å². The van der Waals surface area contributed by atoms with Gasteiger partial charge in [0.05, 0.1) is 11.9 Å². The van der Waals surface area contributed by atoms with E-state index in [2.05, 4.69) is 34.2 Å². The first-order valence-corrected chi connectivity index (χ1v) is 7.45. The van der Waals surface area contributed by atoms with Gasteiger partial charge in [-0.3, -0.25) is 0 Å². The predicted octanol–water partition coefficient (Wildman–Crippen LogP) is 2.57. The molecule has 2 atom stereocenters. The molecule has 1 N–H and O–H groups in total. The molecular weight excluding hydrogens is 224 g/mol. The van der Waals surface area contributed by atoms with Crippen molar-refractivity contribution in [3.63, 3.8) is 0 Å². The van der Waals surface area contributed by atoms with E-state index in [9.17, 15) is 0 Å². The van der Waals surface area contributed by atoms with Crippen molar-refractivity contribution in [2.75, 3.05) is 13.1 Å². The number of rotatable bonds is 6. The number of aromatic nitrogens is 3. The van der Waals surface area contributed by atoms with E-state index in [-0.39, 0.29) is 0 Å². The van der Waals surface area contributed by atoms with Crippen LogP contribution in [0.25, 0.3) is 0 Å². The molecule has 0 radical (unpaired) electrons. The molecule has 4 nitrogen and oxygen atoms in total. The molecule has 18 heavy (non-hydrogen) atoms. The summed E-state index contributed by atoms with van der Waals surface area (Å²) in [4.78, 5) is 0. The minimum absolute atomic E-state index is 0.651. The number of nitrogens with one attached hydrogen (secondary N) is 1. The maximum atomic E-state index is 4.19. The smallest absolute Gasteiger partial charge is 0.0728 e. The largest absolute Gasteiger partial charge is 0.316 e. The molecule has 1 fully saturated rings. The van der Waals surface area contributed by atoms with E-state index < -0.39 is 0 Å². The summed E-state index contributed by atoms with van der Waals surface area (Å²) in [5, 5.41) is 11.9. The number of nitrogens with zero attached hydrogens (tertiary/aromatic N) is 3. The number of aryl methyl sites for hydroxylation is 1. The highest BCUT2D eigenvalue weighted by molar-refractivity contribution is 5.07. The Labute approximate surface area is 110 Å². The third kappa shape index (κ3) is 3.10. The quantitative estimate of drug-likeness (QED) is 0.789.